The van der Waals surface area contributed by atoms with Gasteiger partial charge in [0.15, 0.2) is 0 Å². The van der Waals surface area contributed by atoms with Crippen LogP contribution in [0.1, 0.15) is 24.4 Å². The van der Waals surface area contributed by atoms with Crippen LogP contribution in [0.2, 0.25) is 0 Å². The molecule has 1 unspecified atom stereocenters. The number of benzene rings is 1. The predicted octanol–water partition coefficient (Wildman–Crippen LogP) is 2.06. The summed E-state index contributed by atoms with van der Waals surface area (Å²) in [7, 11) is 0. The van der Waals surface area contributed by atoms with Crippen LogP contribution in [-0.2, 0) is 6.54 Å². The van der Waals surface area contributed by atoms with E-state index in [2.05, 4.69) is 15.1 Å². The smallest absolute Gasteiger partial charge is 0.387 e. The van der Waals surface area contributed by atoms with E-state index in [0.29, 0.717) is 0 Å². The average Bonchev–Trinajstić information content (AvgIpc) is 2.89. The van der Waals surface area contributed by atoms with Crippen LogP contribution in [0, 0.1) is 0 Å². The number of nitrogens with zero attached hydrogens (tertiary/aromatic N) is 2. The van der Waals surface area contributed by atoms with Crippen molar-refractivity contribution in [1.82, 2.24) is 15.0 Å². The zero-order valence-electron chi connectivity index (χ0n) is 11.0. The predicted molar refractivity (Wildman–Crippen MR) is 70.1 cm³/mol. The van der Waals surface area contributed by atoms with Crippen molar-refractivity contribution in [3.8, 4) is 5.75 Å². The fourth-order valence-electron chi connectivity index (χ4n) is 2.01. The molecule has 0 aliphatic rings. The summed E-state index contributed by atoms with van der Waals surface area (Å²) in [6.45, 7) is -0.0680. The molecule has 0 spiro atoms. The molecule has 108 valence electrons. The van der Waals surface area contributed by atoms with E-state index in [-0.39, 0.29) is 11.8 Å². The summed E-state index contributed by atoms with van der Waals surface area (Å²) in [5.74, 6) is 6.45. The monoisotopic (exact) mass is 282 g/mol. The second-order valence-electron chi connectivity index (χ2n) is 4.12. The Hall–Kier alpha value is -1.99. The lowest BCUT2D eigenvalue weighted by Crippen LogP contribution is -2.31. The maximum Gasteiger partial charge on any atom is 0.387 e. The van der Waals surface area contributed by atoms with Crippen LogP contribution < -0.4 is 16.0 Å². The zero-order valence-corrected chi connectivity index (χ0v) is 11.0. The van der Waals surface area contributed by atoms with Crippen molar-refractivity contribution in [3.05, 3.63) is 48.0 Å². The fraction of sp³-hybridized carbons (Fsp3) is 0.308. The van der Waals surface area contributed by atoms with Crippen LogP contribution in [0.5, 0.6) is 5.75 Å². The molecule has 3 N–H and O–H groups in total. The maximum absolute atomic E-state index is 12.1. The number of halogens is 2. The molecule has 2 aromatic rings. The molecule has 2 rings (SSSR count). The van der Waals surface area contributed by atoms with Gasteiger partial charge in [0.25, 0.3) is 0 Å². The van der Waals surface area contributed by atoms with Gasteiger partial charge in [0.2, 0.25) is 0 Å². The zero-order chi connectivity index (χ0) is 14.5. The number of hydrogen-bond acceptors (Lipinski definition) is 4. The minimum atomic E-state index is -2.83. The quantitative estimate of drug-likeness (QED) is 0.628. The van der Waals surface area contributed by atoms with E-state index in [1.807, 2.05) is 17.7 Å². The normalized spacial score (nSPS) is 12.7. The Bertz CT molecular complexity index is 542. The van der Waals surface area contributed by atoms with Crippen LogP contribution in [0.4, 0.5) is 8.78 Å². The highest BCUT2D eigenvalue weighted by Crippen LogP contribution is 2.23. The first-order chi connectivity index (χ1) is 9.65. The number of rotatable bonds is 6. The largest absolute Gasteiger partial charge is 0.435 e. The minimum absolute atomic E-state index is 0.110. The number of ether oxygens (including phenoxy) is 1. The second-order valence-corrected chi connectivity index (χ2v) is 4.12. The fourth-order valence-corrected chi connectivity index (χ4v) is 2.01. The van der Waals surface area contributed by atoms with Crippen molar-refractivity contribution in [2.75, 3.05) is 0 Å². The summed E-state index contributed by atoms with van der Waals surface area (Å²) in [6, 6.07) is 6.00. The SMILES string of the molecule is CCn1ccnc1C(NN)c1ccc(OC(F)F)cc1. The number of aryl methyl sites for hydroxylation is 1. The number of aromatic nitrogens is 2. The first-order valence-corrected chi connectivity index (χ1v) is 6.17. The van der Waals surface area contributed by atoms with Gasteiger partial charge < -0.3 is 9.30 Å². The molecule has 0 bridgehead atoms. The molecule has 0 aliphatic heterocycles. The van der Waals surface area contributed by atoms with Crippen LogP contribution in [0.25, 0.3) is 0 Å². The van der Waals surface area contributed by atoms with Crippen molar-refractivity contribution >= 4 is 0 Å². The van der Waals surface area contributed by atoms with Crippen LogP contribution in [-0.4, -0.2) is 16.2 Å². The molecule has 0 aliphatic carbocycles. The number of hydrogen-bond donors (Lipinski definition) is 2. The Labute approximate surface area is 115 Å². The van der Waals surface area contributed by atoms with Crippen LogP contribution in [0.3, 0.4) is 0 Å². The molecule has 0 saturated heterocycles. The van der Waals surface area contributed by atoms with Crippen molar-refractivity contribution in [2.45, 2.75) is 26.1 Å². The van der Waals surface area contributed by atoms with E-state index in [1.165, 1.54) is 12.1 Å². The molecule has 0 fully saturated rings. The highest BCUT2D eigenvalue weighted by atomic mass is 19.3. The minimum Gasteiger partial charge on any atom is -0.435 e. The van der Waals surface area contributed by atoms with E-state index >= 15 is 0 Å². The molecule has 7 heteroatoms. The van der Waals surface area contributed by atoms with E-state index in [1.54, 1.807) is 18.3 Å². The van der Waals surface area contributed by atoms with E-state index in [9.17, 15) is 8.78 Å². The molecular formula is C13H16F2N4O. The summed E-state index contributed by atoms with van der Waals surface area (Å²) < 4.78 is 30.5. The first kappa shape index (κ1) is 14.4. The van der Waals surface area contributed by atoms with Gasteiger partial charge in [0.1, 0.15) is 17.6 Å². The third kappa shape index (κ3) is 3.12. The third-order valence-electron chi connectivity index (χ3n) is 2.95. The Morgan fingerprint density at radius 1 is 1.35 bits per heavy atom. The molecule has 0 amide bonds. The van der Waals surface area contributed by atoms with E-state index < -0.39 is 6.61 Å². The van der Waals surface area contributed by atoms with Crippen molar-refractivity contribution in [3.63, 3.8) is 0 Å². The summed E-state index contributed by atoms with van der Waals surface area (Å²) in [4.78, 5) is 4.27. The van der Waals surface area contributed by atoms with Gasteiger partial charge in [-0.05, 0) is 24.6 Å². The van der Waals surface area contributed by atoms with Crippen molar-refractivity contribution in [1.29, 1.82) is 0 Å². The standard InChI is InChI=1S/C13H16F2N4O/c1-2-19-8-7-17-12(19)11(18-16)9-3-5-10(6-4-9)20-13(14)15/h3-8,11,13,18H,2,16H2,1H3. The Morgan fingerprint density at radius 2 is 2.05 bits per heavy atom. The Balaban J connectivity index is 2.24. The van der Waals surface area contributed by atoms with Crippen LogP contribution >= 0.6 is 0 Å². The summed E-state index contributed by atoms with van der Waals surface area (Å²) >= 11 is 0. The molecular weight excluding hydrogens is 266 g/mol. The summed E-state index contributed by atoms with van der Waals surface area (Å²) in [5.41, 5.74) is 3.50. The van der Waals surface area contributed by atoms with Crippen LogP contribution in [0.15, 0.2) is 36.7 Å². The molecule has 1 aromatic heterocycles. The lowest BCUT2D eigenvalue weighted by Gasteiger charge is -2.17. The van der Waals surface area contributed by atoms with Gasteiger partial charge in [-0.1, -0.05) is 12.1 Å². The summed E-state index contributed by atoms with van der Waals surface area (Å²) in [6.07, 6.45) is 3.55. The van der Waals surface area contributed by atoms with Gasteiger partial charge in [-0.15, -0.1) is 0 Å². The lowest BCUT2D eigenvalue weighted by molar-refractivity contribution is -0.0498. The molecule has 5 nitrogen and oxygen atoms in total. The van der Waals surface area contributed by atoms with Gasteiger partial charge in [-0.2, -0.15) is 8.78 Å². The molecule has 0 radical (unpaired) electrons. The Morgan fingerprint density at radius 3 is 2.60 bits per heavy atom. The first-order valence-electron chi connectivity index (χ1n) is 6.17. The summed E-state index contributed by atoms with van der Waals surface area (Å²) in [5, 5.41) is 0. The molecule has 0 saturated carbocycles. The van der Waals surface area contributed by atoms with E-state index in [4.69, 9.17) is 5.84 Å². The van der Waals surface area contributed by atoms with Gasteiger partial charge in [0.05, 0.1) is 0 Å². The second kappa shape index (κ2) is 6.44. The average molecular weight is 282 g/mol. The lowest BCUT2D eigenvalue weighted by atomic mass is 10.1. The third-order valence-corrected chi connectivity index (χ3v) is 2.95. The Kier molecular flexibility index (Phi) is 4.65. The molecule has 1 atom stereocenters. The number of imidazole rings is 1. The number of nitrogens with one attached hydrogen (secondary N) is 1. The molecule has 1 heterocycles. The highest BCUT2D eigenvalue weighted by molar-refractivity contribution is 5.32. The van der Waals surface area contributed by atoms with Gasteiger partial charge in [0, 0.05) is 18.9 Å². The van der Waals surface area contributed by atoms with Gasteiger partial charge in [-0.3, -0.25) is 5.84 Å². The topological polar surface area (TPSA) is 65.1 Å². The number of alkyl halides is 2. The van der Waals surface area contributed by atoms with Gasteiger partial charge >= 0.3 is 6.61 Å². The number of hydrazine groups is 1. The van der Waals surface area contributed by atoms with Crippen molar-refractivity contribution < 1.29 is 13.5 Å². The molecule has 20 heavy (non-hydrogen) atoms. The molecule has 1 aromatic carbocycles. The highest BCUT2D eigenvalue weighted by Gasteiger charge is 2.17. The van der Waals surface area contributed by atoms with Crippen molar-refractivity contribution in [2.24, 2.45) is 5.84 Å². The van der Waals surface area contributed by atoms with Gasteiger partial charge in [-0.25, -0.2) is 10.4 Å². The maximum atomic E-state index is 12.1. The van der Waals surface area contributed by atoms with E-state index in [0.717, 1.165) is 17.9 Å². The number of nitrogens with two attached hydrogens (primary N) is 1.